The van der Waals surface area contributed by atoms with Crippen LogP contribution < -0.4 is 27.0 Å². The van der Waals surface area contributed by atoms with Crippen LogP contribution in [0.3, 0.4) is 0 Å². The largest absolute Gasteiger partial charge is 0.378 e. The second-order valence-electron chi connectivity index (χ2n) is 14.5. The number of hydrogen-bond donors (Lipinski definition) is 5. The van der Waals surface area contributed by atoms with Gasteiger partial charge < -0.3 is 36.6 Å². The number of alkyl halides is 2. The highest BCUT2D eigenvalue weighted by Crippen LogP contribution is 2.31. The van der Waals surface area contributed by atoms with E-state index >= 15 is 4.39 Å². The lowest BCUT2D eigenvalue weighted by molar-refractivity contribution is -0.141. The predicted octanol–water partition coefficient (Wildman–Crippen LogP) is 0.321. The zero-order valence-corrected chi connectivity index (χ0v) is 27.5. The first-order chi connectivity index (χ1) is 22.3. The van der Waals surface area contributed by atoms with E-state index in [0.29, 0.717) is 50.9 Å². The maximum atomic E-state index is 15.7. The summed E-state index contributed by atoms with van der Waals surface area (Å²) in [4.78, 5) is 34.0. The SMILES string of the molecule is CC1NCC(F)C/C=C(/C2CCCC2)NC(N)C1C(=O)NC1CNCC(F)C1N1CCC(C(=O)N2CCN(C3COC3)CC2)CC1. The minimum Gasteiger partial charge on any atom is -0.378 e. The molecule has 7 atom stereocenters. The number of piperazine rings is 1. The number of nitrogens with one attached hydrogen (secondary N) is 4. The number of halogens is 2. The summed E-state index contributed by atoms with van der Waals surface area (Å²) in [6.07, 6.45) is 5.07. The summed E-state index contributed by atoms with van der Waals surface area (Å²) in [7, 11) is 0. The minimum absolute atomic E-state index is 0.0527. The standard InChI is InChI=1S/C33H56F2N8O3/c1-21-29(31(36)39-27(22-4-2-3-5-22)7-6-24(34)16-38-21)32(44)40-28-18-37-17-26(35)30(28)42-10-8-23(9-11-42)33(45)43-14-12-41(13-15-43)25-19-46-20-25/h7,21-26,28-31,37-39H,2-6,8-20,36H2,1H3,(H,40,44)/b27-7-. The van der Waals surface area contributed by atoms with Gasteiger partial charge in [-0.2, -0.15) is 0 Å². The van der Waals surface area contributed by atoms with E-state index < -0.39 is 36.5 Å². The van der Waals surface area contributed by atoms with Crippen LogP contribution in [0.25, 0.3) is 0 Å². The highest BCUT2D eigenvalue weighted by molar-refractivity contribution is 5.81. The van der Waals surface area contributed by atoms with Gasteiger partial charge >= 0.3 is 0 Å². The van der Waals surface area contributed by atoms with Crippen LogP contribution in [-0.2, 0) is 14.3 Å². The van der Waals surface area contributed by atoms with Crippen molar-refractivity contribution < 1.29 is 23.1 Å². The van der Waals surface area contributed by atoms with Gasteiger partial charge in [-0.05, 0) is 58.0 Å². The van der Waals surface area contributed by atoms with Gasteiger partial charge in [0, 0.05) is 63.5 Å². The number of nitrogens with zero attached hydrogens (tertiary/aromatic N) is 3. The third kappa shape index (κ3) is 7.86. The molecule has 260 valence electrons. The van der Waals surface area contributed by atoms with Crippen molar-refractivity contribution in [2.45, 2.75) is 94.5 Å². The fourth-order valence-electron chi connectivity index (χ4n) is 8.56. The molecule has 6 rings (SSSR count). The maximum Gasteiger partial charge on any atom is 0.228 e. The summed E-state index contributed by atoms with van der Waals surface area (Å²) < 4.78 is 35.7. The molecule has 6 N–H and O–H groups in total. The highest BCUT2D eigenvalue weighted by Gasteiger charge is 2.43. The Bertz CT molecular complexity index is 1060. The van der Waals surface area contributed by atoms with E-state index in [4.69, 9.17) is 10.5 Å². The van der Waals surface area contributed by atoms with Crippen LogP contribution in [0, 0.1) is 17.8 Å². The fraction of sp³-hybridized carbons (Fsp3) is 0.879. The van der Waals surface area contributed by atoms with Crippen molar-refractivity contribution in [3.8, 4) is 0 Å². The Morgan fingerprint density at radius 2 is 1.67 bits per heavy atom. The molecule has 1 aliphatic carbocycles. The number of likely N-dealkylation sites (tertiary alicyclic amines) is 1. The van der Waals surface area contributed by atoms with E-state index in [1.807, 2.05) is 17.9 Å². The summed E-state index contributed by atoms with van der Waals surface area (Å²) in [6.45, 7) is 8.77. The van der Waals surface area contributed by atoms with E-state index in [9.17, 15) is 14.0 Å². The van der Waals surface area contributed by atoms with Crippen molar-refractivity contribution in [3.63, 3.8) is 0 Å². The molecule has 2 amide bonds. The van der Waals surface area contributed by atoms with Crippen molar-refractivity contribution in [1.29, 1.82) is 0 Å². The van der Waals surface area contributed by atoms with Crippen molar-refractivity contribution in [1.82, 2.24) is 36.0 Å². The van der Waals surface area contributed by atoms with Crippen molar-refractivity contribution in [3.05, 3.63) is 11.8 Å². The lowest BCUT2D eigenvalue weighted by atomic mass is 9.89. The quantitative estimate of drug-likeness (QED) is 0.276. The Hall–Kier alpha value is -1.90. The molecule has 7 unspecified atom stereocenters. The smallest absolute Gasteiger partial charge is 0.228 e. The molecule has 0 spiro atoms. The average Bonchev–Trinajstić information content (AvgIpc) is 3.56. The number of piperidine rings is 2. The Labute approximate surface area is 272 Å². The van der Waals surface area contributed by atoms with Crippen LogP contribution in [0.4, 0.5) is 8.78 Å². The minimum atomic E-state index is -1.16. The molecular formula is C33H56F2N8O3. The second kappa shape index (κ2) is 15.5. The highest BCUT2D eigenvalue weighted by atomic mass is 19.1. The lowest BCUT2D eigenvalue weighted by Gasteiger charge is -2.46. The first-order valence-electron chi connectivity index (χ1n) is 17.9. The van der Waals surface area contributed by atoms with E-state index in [0.717, 1.165) is 70.8 Å². The summed E-state index contributed by atoms with van der Waals surface area (Å²) in [5.41, 5.74) is 7.66. The van der Waals surface area contributed by atoms with Gasteiger partial charge in [0.15, 0.2) is 0 Å². The number of ether oxygens (including phenoxy) is 1. The van der Waals surface area contributed by atoms with E-state index in [-0.39, 0.29) is 36.9 Å². The summed E-state index contributed by atoms with van der Waals surface area (Å²) in [5.74, 6) is -0.466. The van der Waals surface area contributed by atoms with Crippen LogP contribution in [0.2, 0.25) is 0 Å². The molecule has 13 heteroatoms. The number of carbonyl (C=O) groups excluding carboxylic acids is 2. The molecule has 4 saturated heterocycles. The molecule has 46 heavy (non-hydrogen) atoms. The van der Waals surface area contributed by atoms with Gasteiger partial charge in [-0.3, -0.25) is 19.4 Å². The normalized spacial score (nSPS) is 38.0. The third-order valence-corrected chi connectivity index (χ3v) is 11.5. The van der Waals surface area contributed by atoms with E-state index in [1.165, 1.54) is 0 Å². The van der Waals surface area contributed by atoms with Gasteiger partial charge in [-0.15, -0.1) is 0 Å². The second-order valence-corrected chi connectivity index (χ2v) is 14.5. The monoisotopic (exact) mass is 650 g/mol. The molecule has 1 saturated carbocycles. The number of rotatable bonds is 6. The van der Waals surface area contributed by atoms with Gasteiger partial charge in [-0.25, -0.2) is 8.78 Å². The third-order valence-electron chi connectivity index (χ3n) is 11.5. The zero-order valence-electron chi connectivity index (χ0n) is 27.5. The molecule has 11 nitrogen and oxygen atoms in total. The summed E-state index contributed by atoms with van der Waals surface area (Å²) in [6, 6.07) is -0.842. The van der Waals surface area contributed by atoms with Gasteiger partial charge in [0.2, 0.25) is 11.8 Å². The number of nitrogens with two attached hydrogens (primary N) is 1. The number of amides is 2. The molecule has 0 radical (unpaired) electrons. The van der Waals surface area contributed by atoms with Gasteiger partial charge in [0.05, 0.1) is 43.4 Å². The Morgan fingerprint density at radius 1 is 0.957 bits per heavy atom. The van der Waals surface area contributed by atoms with Crippen molar-refractivity contribution in [2.75, 3.05) is 72.1 Å². The lowest BCUT2D eigenvalue weighted by Crippen LogP contribution is -2.68. The van der Waals surface area contributed by atoms with E-state index in [2.05, 4.69) is 31.1 Å². The summed E-state index contributed by atoms with van der Waals surface area (Å²) >= 11 is 0. The summed E-state index contributed by atoms with van der Waals surface area (Å²) in [5, 5.41) is 12.9. The van der Waals surface area contributed by atoms with Gasteiger partial charge in [0.25, 0.3) is 0 Å². The van der Waals surface area contributed by atoms with Crippen LogP contribution in [0.1, 0.15) is 51.9 Å². The maximum absolute atomic E-state index is 15.7. The average molecular weight is 651 g/mol. The molecular weight excluding hydrogens is 594 g/mol. The molecule has 0 aromatic carbocycles. The predicted molar refractivity (Wildman–Crippen MR) is 172 cm³/mol. The fourth-order valence-corrected chi connectivity index (χ4v) is 8.56. The molecule has 5 heterocycles. The van der Waals surface area contributed by atoms with E-state index in [1.54, 1.807) is 0 Å². The van der Waals surface area contributed by atoms with Crippen molar-refractivity contribution in [2.24, 2.45) is 23.5 Å². The molecule has 5 aliphatic heterocycles. The number of hydrogen-bond acceptors (Lipinski definition) is 9. The Balaban J connectivity index is 1.06. The molecule has 5 fully saturated rings. The zero-order chi connectivity index (χ0) is 32.2. The van der Waals surface area contributed by atoms with Crippen LogP contribution >= 0.6 is 0 Å². The Kier molecular flexibility index (Phi) is 11.5. The molecule has 0 bridgehead atoms. The van der Waals surface area contributed by atoms with Crippen LogP contribution in [0.15, 0.2) is 11.8 Å². The van der Waals surface area contributed by atoms with Gasteiger partial charge in [-0.1, -0.05) is 18.9 Å². The Morgan fingerprint density at radius 3 is 2.35 bits per heavy atom. The number of carbonyl (C=O) groups is 2. The molecule has 6 aliphatic rings. The number of allylic oxidation sites excluding steroid dienone is 2. The topological polar surface area (TPSA) is 127 Å². The first-order valence-corrected chi connectivity index (χ1v) is 17.9. The van der Waals surface area contributed by atoms with Crippen molar-refractivity contribution >= 4 is 11.8 Å². The molecule has 0 aromatic heterocycles. The van der Waals surface area contributed by atoms with Crippen LogP contribution in [0.5, 0.6) is 0 Å². The first kappa shape index (κ1) is 34.0. The van der Waals surface area contributed by atoms with Crippen LogP contribution in [-0.4, -0.2) is 141 Å². The molecule has 0 aromatic rings. The van der Waals surface area contributed by atoms with Gasteiger partial charge in [0.1, 0.15) is 12.3 Å².